The summed E-state index contributed by atoms with van der Waals surface area (Å²) in [7, 11) is 0. The highest BCUT2D eigenvalue weighted by Gasteiger charge is 2.31. The molecule has 4 heteroatoms. The Balaban J connectivity index is 1.68. The third kappa shape index (κ3) is 2.93. The van der Waals surface area contributed by atoms with E-state index in [2.05, 4.69) is 5.32 Å². The molecule has 20 heavy (non-hydrogen) atoms. The van der Waals surface area contributed by atoms with Crippen LogP contribution >= 0.6 is 11.6 Å². The quantitative estimate of drug-likeness (QED) is 0.873. The Hall–Kier alpha value is -1.22. The number of nitrogens with one attached hydrogen (secondary N) is 1. The van der Waals surface area contributed by atoms with E-state index in [-0.39, 0.29) is 12.1 Å². The number of urea groups is 1. The van der Waals surface area contributed by atoms with Crippen molar-refractivity contribution in [3.05, 3.63) is 34.9 Å². The molecule has 1 aromatic rings. The molecule has 1 N–H and O–H groups in total. The van der Waals surface area contributed by atoms with Crippen LogP contribution in [-0.4, -0.2) is 23.5 Å². The summed E-state index contributed by atoms with van der Waals surface area (Å²) < 4.78 is 0. The van der Waals surface area contributed by atoms with Crippen LogP contribution < -0.4 is 5.32 Å². The highest BCUT2D eigenvalue weighted by atomic mass is 35.5. The predicted octanol–water partition coefficient (Wildman–Crippen LogP) is 4.13. The maximum Gasteiger partial charge on any atom is 0.318 e. The van der Waals surface area contributed by atoms with Crippen molar-refractivity contribution < 1.29 is 4.79 Å². The molecule has 0 spiro atoms. The maximum absolute atomic E-state index is 12.4. The van der Waals surface area contributed by atoms with Crippen molar-refractivity contribution in [3.8, 4) is 0 Å². The molecule has 1 unspecified atom stereocenters. The second kappa shape index (κ2) is 6.04. The minimum absolute atomic E-state index is 0.106. The van der Waals surface area contributed by atoms with Gasteiger partial charge in [0.1, 0.15) is 0 Å². The van der Waals surface area contributed by atoms with Gasteiger partial charge < -0.3 is 10.2 Å². The standard InChI is InChI=1S/C16H21ClN2O/c17-13-9-7-12(8-10-13)15-6-3-11-19(15)16(20)18-14-4-1-2-5-14/h7-10,14-15H,1-6,11H2,(H,18,20). The number of benzene rings is 1. The predicted molar refractivity (Wildman–Crippen MR) is 80.9 cm³/mol. The van der Waals surface area contributed by atoms with Gasteiger partial charge in [0, 0.05) is 17.6 Å². The van der Waals surface area contributed by atoms with Gasteiger partial charge in [-0.3, -0.25) is 0 Å². The monoisotopic (exact) mass is 292 g/mol. The summed E-state index contributed by atoms with van der Waals surface area (Å²) in [6, 6.07) is 8.57. The van der Waals surface area contributed by atoms with Crippen molar-refractivity contribution in [2.45, 2.75) is 50.6 Å². The lowest BCUT2D eigenvalue weighted by atomic mass is 10.1. The molecule has 1 aliphatic carbocycles. The molecule has 2 aliphatic rings. The molecular weight excluding hydrogens is 272 g/mol. The van der Waals surface area contributed by atoms with Gasteiger partial charge in [-0.05, 0) is 43.4 Å². The molecule has 3 nitrogen and oxygen atoms in total. The van der Waals surface area contributed by atoms with Crippen LogP contribution in [0.1, 0.15) is 50.1 Å². The van der Waals surface area contributed by atoms with E-state index in [1.54, 1.807) is 0 Å². The van der Waals surface area contributed by atoms with Crippen molar-refractivity contribution >= 4 is 17.6 Å². The Morgan fingerprint density at radius 2 is 1.80 bits per heavy atom. The fraction of sp³-hybridized carbons (Fsp3) is 0.562. The Morgan fingerprint density at radius 1 is 1.10 bits per heavy atom. The molecule has 1 aromatic carbocycles. The lowest BCUT2D eigenvalue weighted by Crippen LogP contribution is -2.43. The SMILES string of the molecule is O=C(NC1CCCC1)N1CCCC1c1ccc(Cl)cc1. The molecule has 0 radical (unpaired) electrons. The maximum atomic E-state index is 12.4. The van der Waals surface area contributed by atoms with E-state index in [0.717, 1.165) is 37.3 Å². The Morgan fingerprint density at radius 3 is 2.50 bits per heavy atom. The highest BCUT2D eigenvalue weighted by molar-refractivity contribution is 6.30. The number of carbonyl (C=O) groups excluding carboxylic acids is 1. The summed E-state index contributed by atoms with van der Waals surface area (Å²) in [5.74, 6) is 0. The van der Waals surface area contributed by atoms with Crippen molar-refractivity contribution in [2.24, 2.45) is 0 Å². The molecule has 2 fully saturated rings. The smallest absolute Gasteiger partial charge is 0.318 e. The summed E-state index contributed by atoms with van der Waals surface area (Å²) in [4.78, 5) is 14.4. The summed E-state index contributed by atoms with van der Waals surface area (Å²) in [5, 5.41) is 3.94. The zero-order valence-electron chi connectivity index (χ0n) is 11.6. The first kappa shape index (κ1) is 13.7. The molecule has 2 amide bonds. The van der Waals surface area contributed by atoms with E-state index in [1.807, 2.05) is 29.2 Å². The third-order valence-electron chi connectivity index (χ3n) is 4.45. The lowest BCUT2D eigenvalue weighted by molar-refractivity contribution is 0.189. The van der Waals surface area contributed by atoms with Gasteiger partial charge in [0.05, 0.1) is 6.04 Å². The van der Waals surface area contributed by atoms with E-state index in [9.17, 15) is 4.79 Å². The van der Waals surface area contributed by atoms with Crippen LogP contribution in [-0.2, 0) is 0 Å². The van der Waals surface area contributed by atoms with Crippen LogP contribution in [0.15, 0.2) is 24.3 Å². The van der Waals surface area contributed by atoms with Gasteiger partial charge in [-0.1, -0.05) is 36.6 Å². The average Bonchev–Trinajstić information content (AvgIpc) is 3.10. The second-order valence-electron chi connectivity index (χ2n) is 5.83. The van der Waals surface area contributed by atoms with Crippen molar-refractivity contribution in [1.82, 2.24) is 10.2 Å². The van der Waals surface area contributed by atoms with E-state index in [0.29, 0.717) is 6.04 Å². The van der Waals surface area contributed by atoms with Crippen molar-refractivity contribution in [1.29, 1.82) is 0 Å². The summed E-state index contributed by atoms with van der Waals surface area (Å²) in [5.41, 5.74) is 1.19. The van der Waals surface area contributed by atoms with E-state index < -0.39 is 0 Å². The Labute approximate surface area is 125 Å². The van der Waals surface area contributed by atoms with Gasteiger partial charge in [0.25, 0.3) is 0 Å². The number of halogens is 1. The van der Waals surface area contributed by atoms with Crippen LogP contribution in [0.3, 0.4) is 0 Å². The molecule has 108 valence electrons. The largest absolute Gasteiger partial charge is 0.335 e. The van der Waals surface area contributed by atoms with E-state index in [1.165, 1.54) is 18.4 Å². The van der Waals surface area contributed by atoms with Gasteiger partial charge in [-0.15, -0.1) is 0 Å². The molecule has 1 heterocycles. The molecule has 1 saturated carbocycles. The summed E-state index contributed by atoms with van der Waals surface area (Å²) >= 11 is 5.94. The molecule has 0 aromatic heterocycles. The normalized spacial score (nSPS) is 23.2. The molecule has 1 aliphatic heterocycles. The van der Waals surface area contributed by atoms with Crippen molar-refractivity contribution in [2.75, 3.05) is 6.54 Å². The highest BCUT2D eigenvalue weighted by Crippen LogP contribution is 2.32. The average molecular weight is 293 g/mol. The molecule has 1 saturated heterocycles. The Kier molecular flexibility index (Phi) is 4.16. The lowest BCUT2D eigenvalue weighted by Gasteiger charge is -2.27. The minimum atomic E-state index is 0.106. The van der Waals surface area contributed by atoms with Gasteiger partial charge in [0.15, 0.2) is 0 Å². The summed E-state index contributed by atoms with van der Waals surface area (Å²) in [6.07, 6.45) is 6.86. The molecule has 1 atom stereocenters. The molecule has 0 bridgehead atoms. The zero-order valence-corrected chi connectivity index (χ0v) is 12.4. The number of hydrogen-bond acceptors (Lipinski definition) is 1. The van der Waals surface area contributed by atoms with Gasteiger partial charge in [0.2, 0.25) is 0 Å². The fourth-order valence-corrected chi connectivity index (χ4v) is 3.49. The fourth-order valence-electron chi connectivity index (χ4n) is 3.37. The second-order valence-corrected chi connectivity index (χ2v) is 6.27. The topological polar surface area (TPSA) is 32.3 Å². The van der Waals surface area contributed by atoms with Crippen LogP contribution in [0.4, 0.5) is 4.79 Å². The van der Waals surface area contributed by atoms with Gasteiger partial charge in [-0.2, -0.15) is 0 Å². The molecular formula is C16H21ClN2O. The zero-order chi connectivity index (χ0) is 13.9. The number of rotatable bonds is 2. The first-order valence-electron chi connectivity index (χ1n) is 7.56. The number of carbonyl (C=O) groups is 1. The minimum Gasteiger partial charge on any atom is -0.335 e. The Bertz CT molecular complexity index is 468. The third-order valence-corrected chi connectivity index (χ3v) is 4.70. The first-order valence-corrected chi connectivity index (χ1v) is 7.94. The number of hydrogen-bond donors (Lipinski definition) is 1. The number of likely N-dealkylation sites (tertiary alicyclic amines) is 1. The number of nitrogens with zero attached hydrogens (tertiary/aromatic N) is 1. The van der Waals surface area contributed by atoms with Crippen molar-refractivity contribution in [3.63, 3.8) is 0 Å². The first-order chi connectivity index (χ1) is 9.74. The summed E-state index contributed by atoms with van der Waals surface area (Å²) in [6.45, 7) is 0.853. The molecule has 3 rings (SSSR count). The van der Waals surface area contributed by atoms with Crippen LogP contribution in [0.2, 0.25) is 5.02 Å². The van der Waals surface area contributed by atoms with Crippen LogP contribution in [0, 0.1) is 0 Å². The van der Waals surface area contributed by atoms with E-state index >= 15 is 0 Å². The van der Waals surface area contributed by atoms with Crippen LogP contribution in [0.5, 0.6) is 0 Å². The van der Waals surface area contributed by atoms with Gasteiger partial charge in [-0.25, -0.2) is 4.79 Å². The number of amides is 2. The van der Waals surface area contributed by atoms with Gasteiger partial charge >= 0.3 is 6.03 Å². The van der Waals surface area contributed by atoms with Crippen LogP contribution in [0.25, 0.3) is 0 Å². The van der Waals surface area contributed by atoms with E-state index in [4.69, 9.17) is 11.6 Å².